The number of benzene rings is 1. The van der Waals surface area contributed by atoms with Gasteiger partial charge >= 0.3 is 0 Å². The van der Waals surface area contributed by atoms with Crippen LogP contribution in [0, 0.1) is 12.3 Å². The second-order valence-electron chi connectivity index (χ2n) is 4.11. The zero-order valence-electron chi connectivity index (χ0n) is 9.98. The van der Waals surface area contributed by atoms with E-state index in [1.54, 1.807) is 0 Å². The van der Waals surface area contributed by atoms with Crippen LogP contribution >= 0.6 is 0 Å². The molecule has 90 valence electrons. The molecule has 1 aromatic carbocycles. The van der Waals surface area contributed by atoms with Crippen molar-refractivity contribution in [1.29, 1.82) is 0 Å². The first-order chi connectivity index (χ1) is 8.40. The van der Waals surface area contributed by atoms with Gasteiger partial charge in [0.25, 0.3) is 0 Å². The van der Waals surface area contributed by atoms with Crippen molar-refractivity contribution in [3.8, 4) is 18.1 Å². The molecule has 0 bridgehead atoms. The first kappa shape index (κ1) is 12.0. The van der Waals surface area contributed by atoms with Crippen LogP contribution in [-0.4, -0.2) is 37.7 Å². The molecule has 0 radical (unpaired) electrons. The number of nitrogens with one attached hydrogen (secondary N) is 1. The van der Waals surface area contributed by atoms with E-state index in [9.17, 15) is 0 Å². The van der Waals surface area contributed by atoms with Gasteiger partial charge in [0.05, 0.1) is 6.54 Å². The minimum atomic E-state index is 0.640. The molecule has 0 saturated heterocycles. The molecule has 0 amide bonds. The number of nitrogens with zero attached hydrogens (tertiary/aromatic N) is 1. The minimum Gasteiger partial charge on any atom is -0.492 e. The van der Waals surface area contributed by atoms with Crippen molar-refractivity contribution in [2.24, 2.45) is 0 Å². The number of fused-ring (bicyclic) bond motifs is 1. The highest BCUT2D eigenvalue weighted by atomic mass is 16.5. The molecular weight excluding hydrogens is 212 g/mol. The third-order valence-electron chi connectivity index (χ3n) is 2.86. The first-order valence-corrected chi connectivity index (χ1v) is 5.97. The summed E-state index contributed by atoms with van der Waals surface area (Å²) in [5, 5.41) is 3.21. The average Bonchev–Trinajstić information content (AvgIpc) is 2.56. The minimum absolute atomic E-state index is 0.640. The highest BCUT2D eigenvalue weighted by Gasteiger charge is 2.13. The molecule has 1 aliphatic rings. The Morgan fingerprint density at radius 2 is 2.29 bits per heavy atom. The molecule has 0 aromatic heterocycles. The molecule has 0 spiro atoms. The maximum Gasteiger partial charge on any atom is 0.123 e. The van der Waals surface area contributed by atoms with Crippen LogP contribution in [-0.2, 0) is 6.54 Å². The van der Waals surface area contributed by atoms with Gasteiger partial charge in [0, 0.05) is 31.7 Å². The summed E-state index contributed by atoms with van der Waals surface area (Å²) >= 11 is 0. The maximum absolute atomic E-state index is 5.71. The topological polar surface area (TPSA) is 24.5 Å². The zero-order valence-corrected chi connectivity index (χ0v) is 9.98. The van der Waals surface area contributed by atoms with E-state index in [-0.39, 0.29) is 0 Å². The lowest BCUT2D eigenvalue weighted by atomic mass is 10.2. The number of ether oxygens (including phenoxy) is 1. The van der Waals surface area contributed by atoms with E-state index in [4.69, 9.17) is 11.2 Å². The van der Waals surface area contributed by atoms with E-state index < -0.39 is 0 Å². The molecule has 3 heteroatoms. The second kappa shape index (κ2) is 6.29. The van der Waals surface area contributed by atoms with Crippen LogP contribution in [0.4, 0.5) is 0 Å². The summed E-state index contributed by atoms with van der Waals surface area (Å²) in [7, 11) is 0. The van der Waals surface area contributed by atoms with E-state index >= 15 is 0 Å². The van der Waals surface area contributed by atoms with Gasteiger partial charge in [-0.25, -0.2) is 0 Å². The monoisotopic (exact) mass is 230 g/mol. The predicted molar refractivity (Wildman–Crippen MR) is 68.9 cm³/mol. The van der Waals surface area contributed by atoms with Crippen molar-refractivity contribution >= 4 is 0 Å². The van der Waals surface area contributed by atoms with Gasteiger partial charge in [-0.15, -0.1) is 6.42 Å². The molecule has 0 saturated carbocycles. The predicted octanol–water partition coefficient (Wildman–Crippen LogP) is 1.10. The van der Waals surface area contributed by atoms with E-state index in [1.165, 1.54) is 5.56 Å². The fraction of sp³-hybridized carbons (Fsp3) is 0.429. The molecule has 2 rings (SSSR count). The molecule has 1 aromatic rings. The van der Waals surface area contributed by atoms with Gasteiger partial charge in [-0.3, -0.25) is 4.90 Å². The molecule has 0 aliphatic carbocycles. The number of hydrogen-bond acceptors (Lipinski definition) is 3. The normalized spacial score (nSPS) is 15.5. The molecule has 17 heavy (non-hydrogen) atoms. The number of hydrogen-bond donors (Lipinski definition) is 1. The summed E-state index contributed by atoms with van der Waals surface area (Å²) in [6.45, 7) is 5.24. The van der Waals surface area contributed by atoms with Crippen LogP contribution in [0.25, 0.3) is 0 Å². The standard InChI is InChI=1S/C14H18N2O/c1-2-7-15-8-9-16-10-11-17-14-6-4-3-5-13(14)12-16/h1,3-6,15H,7-12H2. The number of terminal acetylenes is 1. The SMILES string of the molecule is C#CCNCCN1CCOc2ccccc2C1. The summed E-state index contributed by atoms with van der Waals surface area (Å²) in [5.74, 6) is 3.60. The van der Waals surface area contributed by atoms with E-state index in [2.05, 4.69) is 28.3 Å². The average molecular weight is 230 g/mol. The quantitative estimate of drug-likeness (QED) is 0.619. The largest absolute Gasteiger partial charge is 0.492 e. The van der Waals surface area contributed by atoms with Gasteiger partial charge in [-0.1, -0.05) is 24.1 Å². The molecular formula is C14H18N2O. The molecule has 1 N–H and O–H groups in total. The molecule has 1 heterocycles. The summed E-state index contributed by atoms with van der Waals surface area (Å²) in [4.78, 5) is 2.38. The van der Waals surface area contributed by atoms with Crippen molar-refractivity contribution in [3.63, 3.8) is 0 Å². The van der Waals surface area contributed by atoms with Crippen LogP contribution in [0.3, 0.4) is 0 Å². The molecule has 3 nitrogen and oxygen atoms in total. The Morgan fingerprint density at radius 3 is 3.18 bits per heavy atom. The molecule has 0 atom stereocenters. The van der Waals surface area contributed by atoms with Crippen molar-refractivity contribution in [2.75, 3.05) is 32.8 Å². The van der Waals surface area contributed by atoms with E-state index in [1.807, 2.05) is 12.1 Å². The smallest absolute Gasteiger partial charge is 0.123 e. The van der Waals surface area contributed by atoms with E-state index in [0.29, 0.717) is 6.54 Å². The Labute approximate surface area is 103 Å². The fourth-order valence-electron chi connectivity index (χ4n) is 1.97. The van der Waals surface area contributed by atoms with Gasteiger partial charge in [0.2, 0.25) is 0 Å². The lowest BCUT2D eigenvalue weighted by molar-refractivity contribution is 0.227. The van der Waals surface area contributed by atoms with Crippen LogP contribution in [0.5, 0.6) is 5.75 Å². The van der Waals surface area contributed by atoms with Crippen molar-refractivity contribution in [1.82, 2.24) is 10.2 Å². The first-order valence-electron chi connectivity index (χ1n) is 5.97. The van der Waals surface area contributed by atoms with Gasteiger partial charge in [0.1, 0.15) is 12.4 Å². The Balaban J connectivity index is 1.88. The number of para-hydroxylation sites is 1. The summed E-state index contributed by atoms with van der Waals surface area (Å²) in [6, 6.07) is 8.24. The van der Waals surface area contributed by atoms with Crippen molar-refractivity contribution in [2.45, 2.75) is 6.54 Å². The van der Waals surface area contributed by atoms with Crippen molar-refractivity contribution < 1.29 is 4.74 Å². The van der Waals surface area contributed by atoms with Gasteiger partial charge in [-0.05, 0) is 6.07 Å². The summed E-state index contributed by atoms with van der Waals surface area (Å²) in [6.07, 6.45) is 5.19. The van der Waals surface area contributed by atoms with Crippen LogP contribution in [0.15, 0.2) is 24.3 Å². The Bertz CT molecular complexity index is 397. The van der Waals surface area contributed by atoms with Crippen LogP contribution < -0.4 is 10.1 Å². The van der Waals surface area contributed by atoms with E-state index in [0.717, 1.165) is 38.5 Å². The van der Waals surface area contributed by atoms with Gasteiger partial charge in [0.15, 0.2) is 0 Å². The lowest BCUT2D eigenvalue weighted by Crippen LogP contribution is -2.33. The highest BCUT2D eigenvalue weighted by Crippen LogP contribution is 2.21. The molecule has 1 aliphatic heterocycles. The summed E-state index contributed by atoms with van der Waals surface area (Å²) < 4.78 is 5.71. The zero-order chi connectivity index (χ0) is 11.9. The van der Waals surface area contributed by atoms with Crippen LogP contribution in [0.1, 0.15) is 5.56 Å². The molecule has 0 unspecified atom stereocenters. The summed E-state index contributed by atoms with van der Waals surface area (Å²) in [5.41, 5.74) is 1.27. The fourth-order valence-corrected chi connectivity index (χ4v) is 1.97. The second-order valence-corrected chi connectivity index (χ2v) is 4.11. The third kappa shape index (κ3) is 3.48. The van der Waals surface area contributed by atoms with Crippen LogP contribution in [0.2, 0.25) is 0 Å². The van der Waals surface area contributed by atoms with Gasteiger partial charge in [-0.2, -0.15) is 0 Å². The highest BCUT2D eigenvalue weighted by molar-refractivity contribution is 5.33. The Morgan fingerprint density at radius 1 is 1.41 bits per heavy atom. The van der Waals surface area contributed by atoms with Crippen molar-refractivity contribution in [3.05, 3.63) is 29.8 Å². The lowest BCUT2D eigenvalue weighted by Gasteiger charge is -2.19. The molecule has 0 fully saturated rings. The maximum atomic E-state index is 5.71. The number of rotatable bonds is 4. The van der Waals surface area contributed by atoms with Gasteiger partial charge < -0.3 is 10.1 Å². The third-order valence-corrected chi connectivity index (χ3v) is 2.86. The Hall–Kier alpha value is -1.50. The Kier molecular flexibility index (Phi) is 4.43.